The van der Waals surface area contributed by atoms with Gasteiger partial charge in [0.05, 0.1) is 5.54 Å². The summed E-state index contributed by atoms with van der Waals surface area (Å²) in [5.41, 5.74) is 1.14. The van der Waals surface area contributed by atoms with Crippen molar-refractivity contribution in [3.8, 4) is 0 Å². The zero-order chi connectivity index (χ0) is 21.3. The highest BCUT2D eigenvalue weighted by atomic mass is 19.1. The minimum absolute atomic E-state index is 0.0731. The van der Waals surface area contributed by atoms with Gasteiger partial charge in [-0.15, -0.1) is 0 Å². The highest BCUT2D eigenvalue weighted by Crippen LogP contribution is 2.26. The monoisotopic (exact) mass is 406 g/mol. The highest BCUT2D eigenvalue weighted by Gasteiger charge is 2.26. The number of hydrogen-bond acceptors (Lipinski definition) is 4. The van der Waals surface area contributed by atoms with Crippen LogP contribution in [-0.4, -0.2) is 22.0 Å². The van der Waals surface area contributed by atoms with Crippen LogP contribution in [0.2, 0.25) is 0 Å². The maximum atomic E-state index is 13.3. The molecule has 0 unspecified atom stereocenters. The van der Waals surface area contributed by atoms with Gasteiger partial charge in [0.1, 0.15) is 11.3 Å². The van der Waals surface area contributed by atoms with Crippen molar-refractivity contribution in [1.29, 1.82) is 0 Å². The van der Waals surface area contributed by atoms with Gasteiger partial charge in [-0.25, -0.2) is 4.39 Å². The fraction of sp³-hybridized carbons (Fsp3) is 0.136. The van der Waals surface area contributed by atoms with Crippen LogP contribution in [0, 0.1) is 5.82 Å². The Morgan fingerprint density at radius 2 is 1.80 bits per heavy atom. The molecular weight excluding hydrogens is 387 g/mol. The number of aromatic nitrogens is 2. The zero-order valence-corrected chi connectivity index (χ0v) is 16.3. The third-order valence-electron chi connectivity index (χ3n) is 4.70. The Morgan fingerprint density at radius 3 is 2.53 bits per heavy atom. The van der Waals surface area contributed by atoms with E-state index >= 15 is 0 Å². The molecule has 0 bridgehead atoms. The number of fused-ring (bicyclic) bond motifs is 1. The van der Waals surface area contributed by atoms with Crippen molar-refractivity contribution in [2.24, 2.45) is 0 Å². The Bertz CT molecular complexity index is 1230. The summed E-state index contributed by atoms with van der Waals surface area (Å²) in [6.07, 6.45) is 0. The first kappa shape index (κ1) is 19.4. The van der Waals surface area contributed by atoms with E-state index in [1.54, 1.807) is 0 Å². The van der Waals surface area contributed by atoms with Gasteiger partial charge in [-0.05, 0) is 37.6 Å². The number of halogens is 1. The molecule has 0 spiro atoms. The SMILES string of the molecule is CC(C)(NC(=O)c1cc2[nH]nc(NC(=O)c3cccc(F)c3)c2o1)c1ccccc1. The summed E-state index contributed by atoms with van der Waals surface area (Å²) in [6, 6.07) is 16.4. The fourth-order valence-corrected chi connectivity index (χ4v) is 3.10. The van der Waals surface area contributed by atoms with Crippen LogP contribution in [0.3, 0.4) is 0 Å². The lowest BCUT2D eigenvalue weighted by Gasteiger charge is -2.26. The van der Waals surface area contributed by atoms with E-state index in [1.165, 1.54) is 24.3 Å². The largest absolute Gasteiger partial charge is 0.445 e. The maximum absolute atomic E-state index is 13.3. The van der Waals surface area contributed by atoms with Crippen molar-refractivity contribution in [3.63, 3.8) is 0 Å². The molecule has 2 heterocycles. The summed E-state index contributed by atoms with van der Waals surface area (Å²) in [5.74, 6) is -1.29. The standard InChI is InChI=1S/C22H19FN4O3/c1-22(2,14-8-4-3-5-9-14)25-21(29)17-12-16-18(30-17)19(27-26-16)24-20(28)13-7-6-10-15(23)11-13/h3-12H,1-2H3,(H,25,29)(H2,24,26,27,28). The molecule has 2 aromatic heterocycles. The van der Waals surface area contributed by atoms with E-state index < -0.39 is 23.2 Å². The van der Waals surface area contributed by atoms with Crippen LogP contribution < -0.4 is 10.6 Å². The van der Waals surface area contributed by atoms with Crippen LogP contribution in [0.4, 0.5) is 10.2 Å². The minimum atomic E-state index is -0.620. The molecule has 152 valence electrons. The lowest BCUT2D eigenvalue weighted by molar-refractivity contribution is 0.0885. The summed E-state index contributed by atoms with van der Waals surface area (Å²) >= 11 is 0. The molecule has 0 saturated heterocycles. The van der Waals surface area contributed by atoms with Crippen molar-refractivity contribution in [3.05, 3.63) is 83.4 Å². The Hall–Kier alpha value is -3.94. The number of aromatic amines is 1. The second-order valence-electron chi connectivity index (χ2n) is 7.34. The lowest BCUT2D eigenvalue weighted by atomic mass is 9.94. The maximum Gasteiger partial charge on any atom is 0.287 e. The van der Waals surface area contributed by atoms with Crippen molar-refractivity contribution >= 4 is 28.7 Å². The number of rotatable bonds is 5. The van der Waals surface area contributed by atoms with Crippen LogP contribution in [0.5, 0.6) is 0 Å². The molecule has 4 rings (SSSR count). The second kappa shape index (κ2) is 7.47. The Balaban J connectivity index is 1.54. The molecule has 0 aliphatic carbocycles. The van der Waals surface area contributed by atoms with Crippen molar-refractivity contribution < 1.29 is 18.4 Å². The molecule has 4 aromatic rings. The van der Waals surface area contributed by atoms with Crippen LogP contribution in [0.25, 0.3) is 11.1 Å². The number of hydrogen-bond donors (Lipinski definition) is 3. The molecule has 8 heteroatoms. The Labute approximate surface area is 171 Å². The van der Waals surface area contributed by atoms with Crippen LogP contribution in [0.1, 0.15) is 40.3 Å². The van der Waals surface area contributed by atoms with E-state index in [-0.39, 0.29) is 22.7 Å². The van der Waals surface area contributed by atoms with Gasteiger partial charge in [0, 0.05) is 11.6 Å². The third-order valence-corrected chi connectivity index (χ3v) is 4.70. The van der Waals surface area contributed by atoms with E-state index in [2.05, 4.69) is 20.8 Å². The van der Waals surface area contributed by atoms with E-state index in [0.717, 1.165) is 11.6 Å². The predicted molar refractivity (Wildman–Crippen MR) is 110 cm³/mol. The number of amides is 2. The summed E-state index contributed by atoms with van der Waals surface area (Å²) in [4.78, 5) is 25.1. The minimum Gasteiger partial charge on any atom is -0.445 e. The first-order valence-corrected chi connectivity index (χ1v) is 9.26. The van der Waals surface area contributed by atoms with Gasteiger partial charge in [-0.2, -0.15) is 5.10 Å². The first-order chi connectivity index (χ1) is 14.3. The lowest BCUT2D eigenvalue weighted by Crippen LogP contribution is -2.40. The zero-order valence-electron chi connectivity index (χ0n) is 16.3. The quantitative estimate of drug-likeness (QED) is 0.462. The first-order valence-electron chi connectivity index (χ1n) is 9.26. The third kappa shape index (κ3) is 3.80. The fourth-order valence-electron chi connectivity index (χ4n) is 3.10. The number of nitrogens with one attached hydrogen (secondary N) is 3. The number of carbonyl (C=O) groups is 2. The normalized spacial score (nSPS) is 11.4. The van der Waals surface area contributed by atoms with E-state index in [4.69, 9.17) is 4.42 Å². The highest BCUT2D eigenvalue weighted by molar-refractivity contribution is 6.07. The van der Waals surface area contributed by atoms with Gasteiger partial charge in [0.2, 0.25) is 0 Å². The van der Waals surface area contributed by atoms with Gasteiger partial charge in [0.25, 0.3) is 11.8 Å². The predicted octanol–water partition coefficient (Wildman–Crippen LogP) is 4.21. The van der Waals surface area contributed by atoms with Crippen molar-refractivity contribution in [2.75, 3.05) is 5.32 Å². The molecule has 0 aliphatic heterocycles. The van der Waals surface area contributed by atoms with E-state index in [1.807, 2.05) is 44.2 Å². The summed E-state index contributed by atoms with van der Waals surface area (Å²) < 4.78 is 19.0. The number of benzene rings is 2. The van der Waals surface area contributed by atoms with Crippen molar-refractivity contribution in [2.45, 2.75) is 19.4 Å². The smallest absolute Gasteiger partial charge is 0.287 e. The molecule has 7 nitrogen and oxygen atoms in total. The number of H-pyrrole nitrogens is 1. The molecule has 0 fully saturated rings. The van der Waals surface area contributed by atoms with Gasteiger partial charge >= 0.3 is 0 Å². The molecule has 0 atom stereocenters. The molecule has 0 saturated carbocycles. The molecule has 2 aromatic carbocycles. The van der Waals surface area contributed by atoms with E-state index in [9.17, 15) is 14.0 Å². The molecule has 0 radical (unpaired) electrons. The molecule has 0 aliphatic rings. The second-order valence-corrected chi connectivity index (χ2v) is 7.34. The van der Waals surface area contributed by atoms with Crippen LogP contribution in [-0.2, 0) is 5.54 Å². The Kier molecular flexibility index (Phi) is 4.83. The number of carbonyl (C=O) groups excluding carboxylic acids is 2. The Morgan fingerprint density at radius 1 is 1.03 bits per heavy atom. The van der Waals surface area contributed by atoms with Crippen LogP contribution in [0.15, 0.2) is 65.1 Å². The summed E-state index contributed by atoms with van der Waals surface area (Å²) in [7, 11) is 0. The molecule has 2 amide bonds. The summed E-state index contributed by atoms with van der Waals surface area (Å²) in [5, 5.41) is 12.2. The number of anilines is 1. The van der Waals surface area contributed by atoms with E-state index in [0.29, 0.717) is 5.52 Å². The average Bonchev–Trinajstić information content (AvgIpc) is 3.30. The van der Waals surface area contributed by atoms with Gasteiger partial charge < -0.3 is 15.1 Å². The van der Waals surface area contributed by atoms with Gasteiger partial charge in [0.15, 0.2) is 17.2 Å². The average molecular weight is 406 g/mol. The summed E-state index contributed by atoms with van der Waals surface area (Å²) in [6.45, 7) is 3.78. The topological polar surface area (TPSA) is 100 Å². The van der Waals surface area contributed by atoms with Crippen molar-refractivity contribution in [1.82, 2.24) is 15.5 Å². The number of furan rings is 1. The van der Waals surface area contributed by atoms with Gasteiger partial charge in [-0.3, -0.25) is 14.7 Å². The molecule has 30 heavy (non-hydrogen) atoms. The molecule has 3 N–H and O–H groups in total. The number of nitrogens with zero attached hydrogens (tertiary/aromatic N) is 1. The van der Waals surface area contributed by atoms with Gasteiger partial charge in [-0.1, -0.05) is 36.4 Å². The molecular formula is C22H19FN4O3. The van der Waals surface area contributed by atoms with Crippen LogP contribution >= 0.6 is 0 Å².